The van der Waals surface area contributed by atoms with Gasteiger partial charge in [-0.3, -0.25) is 0 Å². The summed E-state index contributed by atoms with van der Waals surface area (Å²) in [7, 11) is 1.48. The fraction of sp³-hybridized carbons (Fsp3) is 0.308. The lowest BCUT2D eigenvalue weighted by atomic mass is 9.95. The molecule has 0 radical (unpaired) electrons. The molecule has 0 saturated carbocycles. The third-order valence-electron chi connectivity index (χ3n) is 6.55. The van der Waals surface area contributed by atoms with Gasteiger partial charge in [0, 0.05) is 47.4 Å². The number of ether oxygens (including phenoxy) is 2. The molecule has 0 bridgehead atoms. The summed E-state index contributed by atoms with van der Waals surface area (Å²) in [6.45, 7) is 4.36. The first-order valence-electron chi connectivity index (χ1n) is 11.5. The Balaban J connectivity index is 1.87. The Hall–Kier alpha value is -3.72. The van der Waals surface area contributed by atoms with Gasteiger partial charge in [0.1, 0.15) is 35.0 Å². The van der Waals surface area contributed by atoms with E-state index in [2.05, 4.69) is 9.97 Å². The second-order valence-electron chi connectivity index (χ2n) is 8.84. The van der Waals surface area contributed by atoms with Crippen LogP contribution < -0.4 is 15.3 Å². The third kappa shape index (κ3) is 4.17. The van der Waals surface area contributed by atoms with E-state index in [4.69, 9.17) is 13.9 Å². The Bertz CT molecular complexity index is 1650. The Morgan fingerprint density at radius 2 is 2.11 bits per heavy atom. The quantitative estimate of drug-likeness (QED) is 0.210. The number of aromatic nitrogens is 2. The van der Waals surface area contributed by atoms with Crippen LogP contribution in [-0.4, -0.2) is 47.3 Å². The summed E-state index contributed by atoms with van der Waals surface area (Å²) in [5, 5.41) is 10.8. The van der Waals surface area contributed by atoms with Gasteiger partial charge in [-0.2, -0.15) is 15.2 Å². The number of nitriles is 1. The molecule has 0 aliphatic carbocycles. The van der Waals surface area contributed by atoms with Gasteiger partial charge in [-0.15, -0.1) is 0 Å². The molecule has 11 heteroatoms. The predicted molar refractivity (Wildman–Crippen MR) is 137 cm³/mol. The highest BCUT2D eigenvalue weighted by atomic mass is 32.2. The molecule has 2 atom stereocenters. The highest BCUT2D eigenvalue weighted by Crippen LogP contribution is 2.40. The van der Waals surface area contributed by atoms with Crippen molar-refractivity contribution in [3.63, 3.8) is 0 Å². The van der Waals surface area contributed by atoms with E-state index >= 15 is 0 Å². The van der Waals surface area contributed by atoms with Crippen molar-refractivity contribution in [2.24, 2.45) is 0 Å². The molecule has 1 fully saturated rings. The Morgan fingerprint density at radius 1 is 1.32 bits per heavy atom. The van der Waals surface area contributed by atoms with Crippen LogP contribution in [0.4, 0.5) is 10.2 Å². The average Bonchev–Trinajstić information content (AvgIpc) is 2.87. The van der Waals surface area contributed by atoms with Gasteiger partial charge in [0.15, 0.2) is 12.6 Å². The molecule has 2 aromatic heterocycles. The van der Waals surface area contributed by atoms with Gasteiger partial charge >= 0.3 is 10.8 Å². The molecule has 4 aromatic rings. The number of hydrogen-bond donors (Lipinski definition) is 0. The molecule has 2 aromatic carbocycles. The molecule has 3 heterocycles. The van der Waals surface area contributed by atoms with Gasteiger partial charge < -0.3 is 23.3 Å². The molecule has 1 aliphatic heterocycles. The highest BCUT2D eigenvalue weighted by molar-refractivity contribution is 7.90. The molecule has 0 amide bonds. The molecular weight excluding hydrogens is 499 g/mol. The number of methoxy groups -OCH3 is 1. The highest BCUT2D eigenvalue weighted by Gasteiger charge is 2.32. The van der Waals surface area contributed by atoms with Crippen LogP contribution in [0.2, 0.25) is 0 Å². The minimum absolute atomic E-state index is 0.0474. The van der Waals surface area contributed by atoms with Gasteiger partial charge in [-0.25, -0.2) is 9.18 Å². The van der Waals surface area contributed by atoms with E-state index in [-0.39, 0.29) is 51.2 Å². The first kappa shape index (κ1) is 25.0. The van der Waals surface area contributed by atoms with Crippen molar-refractivity contribution in [1.82, 2.24) is 9.97 Å². The van der Waals surface area contributed by atoms with E-state index < -0.39 is 22.6 Å². The summed E-state index contributed by atoms with van der Waals surface area (Å²) >= 11 is -1.51. The fourth-order valence-electron chi connectivity index (χ4n) is 4.55. The monoisotopic (exact) mass is 522 g/mol. The van der Waals surface area contributed by atoms with Crippen molar-refractivity contribution < 1.29 is 22.8 Å². The summed E-state index contributed by atoms with van der Waals surface area (Å²) in [4.78, 5) is 24.3. The first-order valence-corrected chi connectivity index (χ1v) is 13.0. The Kier molecular flexibility index (Phi) is 6.49. The maximum absolute atomic E-state index is 14.7. The molecule has 5 rings (SSSR count). The molecule has 190 valence electrons. The van der Waals surface area contributed by atoms with Gasteiger partial charge in [0.05, 0.1) is 11.1 Å². The topological polar surface area (TPSA) is 125 Å². The zero-order valence-electron chi connectivity index (χ0n) is 20.6. The molecule has 1 aliphatic rings. The summed E-state index contributed by atoms with van der Waals surface area (Å²) < 4.78 is 43.6. The summed E-state index contributed by atoms with van der Waals surface area (Å²) in [6, 6.07) is 8.00. The van der Waals surface area contributed by atoms with Crippen molar-refractivity contribution in [3.8, 4) is 23.1 Å². The number of hydrogen-bond acceptors (Lipinski definition) is 9. The molecule has 0 spiro atoms. The van der Waals surface area contributed by atoms with E-state index in [1.54, 1.807) is 19.1 Å². The van der Waals surface area contributed by atoms with Crippen LogP contribution in [-0.2, 0) is 15.9 Å². The molecule has 37 heavy (non-hydrogen) atoms. The van der Waals surface area contributed by atoms with Crippen molar-refractivity contribution in [2.75, 3.05) is 31.6 Å². The van der Waals surface area contributed by atoms with Crippen LogP contribution in [0.5, 0.6) is 5.75 Å². The Morgan fingerprint density at radius 3 is 2.73 bits per heavy atom. The van der Waals surface area contributed by atoms with Crippen molar-refractivity contribution in [2.45, 2.75) is 31.5 Å². The van der Waals surface area contributed by atoms with E-state index in [9.17, 15) is 19.0 Å². The SMILES string of the molecule is COCOc1cc(-c2oc(=O)c3c(N4CC[C@H]4C)nc([S+](C)[O-])nc3c2C)c2c(C#N)c(F)ccc2c1. The smallest absolute Gasteiger partial charge is 0.349 e. The standard InChI is InChI=1S/C26H23FN4O5S/c1-13-7-8-31(13)24-21-22(29-26(30-24)37(4)33)14(2)23(36-25(21)32)17-10-16(35-12-34-3)9-15-5-6-19(27)18(11-28)20(15)17/h5-6,9-10,13H,7-8,12H2,1-4H3/t13-,37?/m1/s1. The second-order valence-corrected chi connectivity index (χ2v) is 10.1. The number of aryl methyl sites for hydroxylation is 1. The molecule has 1 unspecified atom stereocenters. The van der Waals surface area contributed by atoms with Crippen molar-refractivity contribution in [3.05, 3.63) is 51.6 Å². The van der Waals surface area contributed by atoms with E-state index in [1.807, 2.05) is 17.9 Å². The van der Waals surface area contributed by atoms with Crippen LogP contribution in [0.1, 0.15) is 24.5 Å². The number of rotatable bonds is 6. The lowest BCUT2D eigenvalue weighted by molar-refractivity contribution is 0.0512. The van der Waals surface area contributed by atoms with Gasteiger partial charge in [0.2, 0.25) is 0 Å². The summed E-state index contributed by atoms with van der Waals surface area (Å²) in [6.07, 6.45) is 2.40. The maximum Gasteiger partial charge on any atom is 0.349 e. The van der Waals surface area contributed by atoms with Gasteiger partial charge in [-0.1, -0.05) is 6.07 Å². The van der Waals surface area contributed by atoms with Crippen molar-refractivity contribution in [1.29, 1.82) is 5.26 Å². The van der Waals surface area contributed by atoms with Crippen LogP contribution >= 0.6 is 0 Å². The van der Waals surface area contributed by atoms with Crippen molar-refractivity contribution >= 4 is 38.7 Å². The molecule has 1 saturated heterocycles. The maximum atomic E-state index is 14.7. The number of nitrogens with zero attached hydrogens (tertiary/aromatic N) is 4. The zero-order valence-corrected chi connectivity index (χ0v) is 21.4. The van der Waals surface area contributed by atoms with E-state index in [0.29, 0.717) is 29.1 Å². The molecular formula is C26H23FN4O5S. The summed E-state index contributed by atoms with van der Waals surface area (Å²) in [5.74, 6) is 0.141. The van der Waals surface area contributed by atoms with Gasteiger partial charge in [-0.05, 0) is 43.9 Å². The lowest BCUT2D eigenvalue weighted by Crippen LogP contribution is -2.46. The predicted octanol–water partition coefficient (Wildman–Crippen LogP) is 4.04. The number of benzene rings is 2. The van der Waals surface area contributed by atoms with Crippen LogP contribution in [0.3, 0.4) is 0 Å². The number of halogens is 1. The first-order chi connectivity index (χ1) is 17.7. The van der Waals surface area contributed by atoms with E-state index in [1.165, 1.54) is 25.5 Å². The normalized spacial score (nSPS) is 16.0. The molecule has 0 N–H and O–H groups in total. The van der Waals surface area contributed by atoms with Crippen LogP contribution in [0, 0.1) is 24.1 Å². The van der Waals surface area contributed by atoms with E-state index in [0.717, 1.165) is 6.42 Å². The zero-order chi connectivity index (χ0) is 26.4. The second kappa shape index (κ2) is 9.63. The minimum Gasteiger partial charge on any atom is -0.609 e. The number of fused-ring (bicyclic) bond motifs is 2. The average molecular weight is 523 g/mol. The fourth-order valence-corrected chi connectivity index (χ4v) is 4.99. The molecule has 9 nitrogen and oxygen atoms in total. The third-order valence-corrected chi connectivity index (χ3v) is 7.25. The van der Waals surface area contributed by atoms with Gasteiger partial charge in [0.25, 0.3) is 0 Å². The Labute approximate surface area is 214 Å². The lowest BCUT2D eigenvalue weighted by Gasteiger charge is -2.39. The largest absolute Gasteiger partial charge is 0.609 e. The minimum atomic E-state index is -1.51. The summed E-state index contributed by atoms with van der Waals surface area (Å²) in [5.41, 5.74) is 0.140. The van der Waals surface area contributed by atoms with Crippen LogP contribution in [0.15, 0.2) is 38.6 Å². The van der Waals surface area contributed by atoms with Crippen LogP contribution in [0.25, 0.3) is 33.0 Å². The number of anilines is 1.